The molecule has 72 valence electrons. The fourth-order valence-electron chi connectivity index (χ4n) is 1.08. The van der Waals surface area contributed by atoms with Crippen molar-refractivity contribution in [2.24, 2.45) is 0 Å². The van der Waals surface area contributed by atoms with Crippen molar-refractivity contribution in [3.63, 3.8) is 0 Å². The van der Waals surface area contributed by atoms with E-state index >= 15 is 0 Å². The predicted molar refractivity (Wildman–Crippen MR) is 56.3 cm³/mol. The van der Waals surface area contributed by atoms with Gasteiger partial charge in [-0.3, -0.25) is 0 Å². The van der Waals surface area contributed by atoms with E-state index in [-0.39, 0.29) is 6.61 Å². The molecule has 14 heavy (non-hydrogen) atoms. The molecule has 2 heterocycles. The fraction of sp³-hybridized carbons (Fsp3) is 0.111. The van der Waals surface area contributed by atoms with Gasteiger partial charge in [-0.25, -0.2) is 9.97 Å². The zero-order valence-corrected chi connectivity index (χ0v) is 8.72. The summed E-state index contributed by atoms with van der Waals surface area (Å²) in [6.07, 6.45) is 3.33. The highest BCUT2D eigenvalue weighted by atomic mass is 35.5. The van der Waals surface area contributed by atoms with Crippen molar-refractivity contribution in [1.29, 1.82) is 0 Å². The van der Waals surface area contributed by atoms with Crippen molar-refractivity contribution in [3.8, 4) is 10.4 Å². The Hall–Kier alpha value is -0.970. The molecule has 3 nitrogen and oxygen atoms in total. The first-order chi connectivity index (χ1) is 6.81. The molecule has 0 aromatic carbocycles. The summed E-state index contributed by atoms with van der Waals surface area (Å²) in [7, 11) is 0. The molecule has 0 radical (unpaired) electrons. The van der Waals surface area contributed by atoms with Crippen molar-refractivity contribution in [1.82, 2.24) is 9.97 Å². The SMILES string of the molecule is OCc1ncc(-c2cccnc2Cl)s1. The highest BCUT2D eigenvalue weighted by molar-refractivity contribution is 7.15. The maximum absolute atomic E-state index is 8.87. The van der Waals surface area contributed by atoms with Gasteiger partial charge in [0, 0.05) is 18.0 Å². The Bertz CT molecular complexity index is 444. The lowest BCUT2D eigenvalue weighted by molar-refractivity contribution is 0.281. The lowest BCUT2D eigenvalue weighted by atomic mass is 10.2. The van der Waals surface area contributed by atoms with Crippen LogP contribution in [0.2, 0.25) is 5.15 Å². The van der Waals surface area contributed by atoms with Gasteiger partial charge in [0.25, 0.3) is 0 Å². The second-order valence-corrected chi connectivity index (χ2v) is 4.09. The standard InChI is InChI=1S/C9H7ClN2OS/c10-9-6(2-1-3-11-9)7-4-12-8(5-13)14-7/h1-4,13H,5H2. The van der Waals surface area contributed by atoms with E-state index in [9.17, 15) is 0 Å². The van der Waals surface area contributed by atoms with Crippen LogP contribution < -0.4 is 0 Å². The zero-order chi connectivity index (χ0) is 9.97. The number of hydrogen-bond acceptors (Lipinski definition) is 4. The predicted octanol–water partition coefficient (Wildman–Crippen LogP) is 2.35. The van der Waals surface area contributed by atoms with Crippen LogP contribution in [0.3, 0.4) is 0 Å². The third-order valence-corrected chi connectivity index (χ3v) is 3.03. The van der Waals surface area contributed by atoms with Crippen LogP contribution in [0, 0.1) is 0 Å². The zero-order valence-electron chi connectivity index (χ0n) is 7.14. The van der Waals surface area contributed by atoms with Crippen LogP contribution in [0.5, 0.6) is 0 Å². The number of pyridine rings is 1. The summed E-state index contributed by atoms with van der Waals surface area (Å²) < 4.78 is 0. The quantitative estimate of drug-likeness (QED) is 0.800. The lowest BCUT2D eigenvalue weighted by Gasteiger charge is -1.97. The summed E-state index contributed by atoms with van der Waals surface area (Å²) in [5.41, 5.74) is 0.853. The number of aromatic nitrogens is 2. The topological polar surface area (TPSA) is 46.0 Å². The lowest BCUT2D eigenvalue weighted by Crippen LogP contribution is -1.77. The Morgan fingerprint density at radius 2 is 2.29 bits per heavy atom. The van der Waals surface area contributed by atoms with Crippen LogP contribution in [0.4, 0.5) is 0 Å². The number of aliphatic hydroxyl groups is 1. The van der Waals surface area contributed by atoms with E-state index in [0.717, 1.165) is 10.4 Å². The third kappa shape index (κ3) is 1.77. The largest absolute Gasteiger partial charge is 0.389 e. The second-order valence-electron chi connectivity index (χ2n) is 2.62. The minimum Gasteiger partial charge on any atom is -0.389 e. The van der Waals surface area contributed by atoms with E-state index in [4.69, 9.17) is 16.7 Å². The van der Waals surface area contributed by atoms with E-state index in [1.807, 2.05) is 12.1 Å². The Morgan fingerprint density at radius 3 is 2.93 bits per heavy atom. The summed E-state index contributed by atoms with van der Waals surface area (Å²) in [5.74, 6) is 0. The van der Waals surface area contributed by atoms with E-state index in [1.54, 1.807) is 12.4 Å². The first-order valence-corrected chi connectivity index (χ1v) is 5.17. The molecule has 0 aliphatic rings. The maximum Gasteiger partial charge on any atom is 0.137 e. The first-order valence-electron chi connectivity index (χ1n) is 3.97. The van der Waals surface area contributed by atoms with E-state index < -0.39 is 0 Å². The number of halogens is 1. The van der Waals surface area contributed by atoms with Gasteiger partial charge in [0.1, 0.15) is 10.2 Å². The Kier molecular flexibility index (Phi) is 2.77. The first kappa shape index (κ1) is 9.58. The summed E-state index contributed by atoms with van der Waals surface area (Å²) in [4.78, 5) is 8.93. The molecular weight excluding hydrogens is 220 g/mol. The molecule has 2 rings (SSSR count). The molecule has 0 saturated carbocycles. The number of thiazole rings is 1. The summed E-state index contributed by atoms with van der Waals surface area (Å²) in [6.45, 7) is -0.0391. The molecule has 1 N–H and O–H groups in total. The van der Waals surface area contributed by atoms with Gasteiger partial charge in [-0.15, -0.1) is 11.3 Å². The van der Waals surface area contributed by atoms with Gasteiger partial charge in [0.15, 0.2) is 0 Å². The number of nitrogens with zero attached hydrogens (tertiary/aromatic N) is 2. The average Bonchev–Trinajstić information content (AvgIpc) is 2.67. The van der Waals surface area contributed by atoms with Gasteiger partial charge in [-0.1, -0.05) is 11.6 Å². The number of hydrogen-bond donors (Lipinski definition) is 1. The fourth-order valence-corrected chi connectivity index (χ4v) is 2.16. The van der Waals surface area contributed by atoms with Crippen LogP contribution >= 0.6 is 22.9 Å². The van der Waals surface area contributed by atoms with Crippen molar-refractivity contribution in [3.05, 3.63) is 34.7 Å². The van der Waals surface area contributed by atoms with Crippen molar-refractivity contribution < 1.29 is 5.11 Å². The number of aliphatic hydroxyl groups excluding tert-OH is 1. The molecule has 2 aromatic rings. The van der Waals surface area contributed by atoms with Crippen LogP contribution in [0.25, 0.3) is 10.4 Å². The van der Waals surface area contributed by atoms with E-state index in [1.165, 1.54) is 11.3 Å². The van der Waals surface area contributed by atoms with Crippen molar-refractivity contribution in [2.75, 3.05) is 0 Å². The van der Waals surface area contributed by atoms with Gasteiger partial charge in [-0.05, 0) is 12.1 Å². The van der Waals surface area contributed by atoms with Gasteiger partial charge in [-0.2, -0.15) is 0 Å². The minimum atomic E-state index is -0.0391. The minimum absolute atomic E-state index is 0.0391. The molecule has 0 bridgehead atoms. The van der Waals surface area contributed by atoms with Crippen molar-refractivity contribution >= 4 is 22.9 Å². The van der Waals surface area contributed by atoms with E-state index in [0.29, 0.717) is 10.2 Å². The molecule has 0 spiro atoms. The molecule has 0 saturated heterocycles. The smallest absolute Gasteiger partial charge is 0.137 e. The Labute approximate surface area is 90.0 Å². The summed E-state index contributed by atoms with van der Waals surface area (Å²) >= 11 is 7.33. The van der Waals surface area contributed by atoms with Crippen LogP contribution in [-0.2, 0) is 6.61 Å². The molecule has 0 unspecified atom stereocenters. The van der Waals surface area contributed by atoms with Gasteiger partial charge < -0.3 is 5.11 Å². The highest BCUT2D eigenvalue weighted by Crippen LogP contribution is 2.30. The van der Waals surface area contributed by atoms with Crippen LogP contribution in [-0.4, -0.2) is 15.1 Å². The van der Waals surface area contributed by atoms with Crippen LogP contribution in [0.15, 0.2) is 24.5 Å². The monoisotopic (exact) mass is 226 g/mol. The summed E-state index contributed by atoms with van der Waals surface area (Å²) in [6, 6.07) is 3.70. The van der Waals surface area contributed by atoms with Gasteiger partial charge in [0.2, 0.25) is 0 Å². The van der Waals surface area contributed by atoms with Gasteiger partial charge >= 0.3 is 0 Å². The molecule has 5 heteroatoms. The number of rotatable bonds is 2. The normalized spacial score (nSPS) is 10.4. The third-order valence-electron chi connectivity index (χ3n) is 1.71. The maximum atomic E-state index is 8.87. The molecule has 0 amide bonds. The molecule has 0 aliphatic heterocycles. The summed E-state index contributed by atoms with van der Waals surface area (Å²) in [5, 5.41) is 10.0. The molecule has 0 fully saturated rings. The second kappa shape index (κ2) is 4.04. The molecule has 2 aromatic heterocycles. The van der Waals surface area contributed by atoms with Crippen molar-refractivity contribution in [2.45, 2.75) is 6.61 Å². The molecule has 0 aliphatic carbocycles. The Morgan fingerprint density at radius 1 is 1.43 bits per heavy atom. The average molecular weight is 227 g/mol. The highest BCUT2D eigenvalue weighted by Gasteiger charge is 2.07. The van der Waals surface area contributed by atoms with Crippen LogP contribution in [0.1, 0.15) is 5.01 Å². The molecule has 0 atom stereocenters. The Balaban J connectivity index is 2.44. The molecular formula is C9H7ClN2OS. The van der Waals surface area contributed by atoms with E-state index in [2.05, 4.69) is 9.97 Å². The van der Waals surface area contributed by atoms with Gasteiger partial charge in [0.05, 0.1) is 11.5 Å².